The maximum Gasteiger partial charge on any atom is 0.128 e. The maximum absolute atomic E-state index is 6.45. The summed E-state index contributed by atoms with van der Waals surface area (Å²) in [5.74, 6) is 2.48. The van der Waals surface area contributed by atoms with Crippen LogP contribution in [0.25, 0.3) is 45.0 Å². The molecule has 0 atom stereocenters. The lowest BCUT2D eigenvalue weighted by molar-refractivity contribution is 0.483. The highest BCUT2D eigenvalue weighted by atomic mass is 16.5. The van der Waals surface area contributed by atoms with E-state index >= 15 is 0 Å². The number of aromatic nitrogens is 4. The predicted octanol–water partition coefficient (Wildman–Crippen LogP) is 10.7. The molecule has 7 rings (SSSR count). The van der Waals surface area contributed by atoms with E-state index in [1.165, 1.54) is 27.9 Å². The summed E-state index contributed by atoms with van der Waals surface area (Å²) in [7, 11) is 0. The third kappa shape index (κ3) is 5.66. The highest BCUT2D eigenvalue weighted by Gasteiger charge is 2.18. The summed E-state index contributed by atoms with van der Waals surface area (Å²) < 4.78 is 10.9. The molecule has 7 aromatic rings. The van der Waals surface area contributed by atoms with Gasteiger partial charge in [-0.05, 0) is 88.6 Å². The normalized spacial score (nSPS) is 11.2. The van der Waals surface area contributed by atoms with Gasteiger partial charge in [0.1, 0.15) is 23.7 Å². The van der Waals surface area contributed by atoms with Crippen LogP contribution in [0.1, 0.15) is 33.9 Å². The van der Waals surface area contributed by atoms with E-state index in [1.54, 1.807) is 0 Å². The van der Waals surface area contributed by atoms with E-state index in [0.717, 1.165) is 62.5 Å². The Labute approximate surface area is 276 Å². The summed E-state index contributed by atoms with van der Waals surface area (Å²) in [5.41, 5.74) is 14.5. The molecular weight excluding hydrogens is 576 g/mol. The lowest BCUT2D eigenvalue weighted by Crippen LogP contribution is -2.05. The third-order valence-corrected chi connectivity index (χ3v) is 8.84. The molecule has 0 saturated heterocycles. The van der Waals surface area contributed by atoms with Crippen LogP contribution in [-0.4, -0.2) is 19.1 Å². The van der Waals surface area contributed by atoms with Crippen LogP contribution in [0.2, 0.25) is 0 Å². The molecule has 0 unspecified atom stereocenters. The molecular formula is C42H38N4O. The highest BCUT2D eigenvalue weighted by molar-refractivity contribution is 5.74. The van der Waals surface area contributed by atoms with Gasteiger partial charge >= 0.3 is 0 Å². The van der Waals surface area contributed by atoms with E-state index < -0.39 is 0 Å². The van der Waals surface area contributed by atoms with Crippen LogP contribution < -0.4 is 4.74 Å². The zero-order valence-corrected chi connectivity index (χ0v) is 27.7. The number of imidazole rings is 2. The molecule has 0 amide bonds. The van der Waals surface area contributed by atoms with E-state index in [2.05, 4.69) is 136 Å². The van der Waals surface area contributed by atoms with Gasteiger partial charge in [-0.25, -0.2) is 9.97 Å². The molecule has 0 N–H and O–H groups in total. The van der Waals surface area contributed by atoms with Gasteiger partial charge < -0.3 is 13.9 Å². The van der Waals surface area contributed by atoms with Crippen molar-refractivity contribution >= 4 is 0 Å². The average Bonchev–Trinajstić information content (AvgIpc) is 3.59. The van der Waals surface area contributed by atoms with Gasteiger partial charge in [-0.1, -0.05) is 90.5 Å². The van der Waals surface area contributed by atoms with Crippen molar-refractivity contribution in [1.29, 1.82) is 0 Å². The van der Waals surface area contributed by atoms with Gasteiger partial charge in [0.05, 0.1) is 22.8 Å². The number of hydrogen-bond acceptors (Lipinski definition) is 3. The first-order chi connectivity index (χ1) is 22.8. The van der Waals surface area contributed by atoms with Crippen molar-refractivity contribution in [3.8, 4) is 56.5 Å². The van der Waals surface area contributed by atoms with E-state index in [0.29, 0.717) is 0 Å². The van der Waals surface area contributed by atoms with Gasteiger partial charge in [0, 0.05) is 28.1 Å². The summed E-state index contributed by atoms with van der Waals surface area (Å²) in [4.78, 5) is 9.88. The molecule has 0 fully saturated rings. The van der Waals surface area contributed by atoms with Gasteiger partial charge in [0.25, 0.3) is 0 Å². The van der Waals surface area contributed by atoms with Gasteiger partial charge in [-0.15, -0.1) is 0 Å². The Morgan fingerprint density at radius 1 is 0.553 bits per heavy atom. The smallest absolute Gasteiger partial charge is 0.128 e. The second-order valence-corrected chi connectivity index (χ2v) is 12.3. The van der Waals surface area contributed by atoms with E-state index in [-0.39, 0.29) is 0 Å². The topological polar surface area (TPSA) is 44.9 Å². The molecule has 232 valence electrons. The summed E-state index contributed by atoms with van der Waals surface area (Å²) in [6, 6.07) is 39.7. The van der Waals surface area contributed by atoms with Crippen molar-refractivity contribution in [2.75, 3.05) is 0 Å². The fourth-order valence-corrected chi connectivity index (χ4v) is 6.80. The fourth-order valence-electron chi connectivity index (χ4n) is 6.80. The van der Waals surface area contributed by atoms with E-state index in [1.807, 2.05) is 36.7 Å². The Morgan fingerprint density at radius 2 is 1.15 bits per heavy atom. The number of benzene rings is 5. The number of ether oxygens (including phenoxy) is 1. The van der Waals surface area contributed by atoms with Crippen molar-refractivity contribution in [1.82, 2.24) is 19.1 Å². The van der Waals surface area contributed by atoms with Crippen LogP contribution in [-0.2, 0) is 0 Å². The maximum atomic E-state index is 6.45. The monoisotopic (exact) mass is 614 g/mol. The van der Waals surface area contributed by atoms with Crippen LogP contribution in [0.4, 0.5) is 0 Å². The number of hydrogen-bond donors (Lipinski definition) is 0. The molecule has 0 aliphatic carbocycles. The van der Waals surface area contributed by atoms with Crippen molar-refractivity contribution < 1.29 is 4.74 Å². The van der Waals surface area contributed by atoms with Crippen LogP contribution >= 0.6 is 0 Å². The first-order valence-corrected chi connectivity index (χ1v) is 16.0. The van der Waals surface area contributed by atoms with E-state index in [4.69, 9.17) is 14.7 Å². The quantitative estimate of drug-likeness (QED) is 0.179. The SMILES string of the molecule is Cc1cc(C)c(-n2c(C)nc(-c3cccc(Oc4cccc(-c5ncn(-c6ccccc6-c6ccccc6)c5C)c4)c3)c2C)c(C)c1. The molecule has 0 aliphatic rings. The lowest BCUT2D eigenvalue weighted by atomic mass is 10.0. The molecule has 0 aliphatic heterocycles. The molecule has 47 heavy (non-hydrogen) atoms. The molecule has 0 saturated carbocycles. The Bertz CT molecular complexity index is 2220. The molecule has 2 aromatic heterocycles. The predicted molar refractivity (Wildman–Crippen MR) is 192 cm³/mol. The largest absolute Gasteiger partial charge is 0.457 e. The minimum absolute atomic E-state index is 0.752. The first-order valence-electron chi connectivity index (χ1n) is 16.0. The first kappa shape index (κ1) is 30.0. The van der Waals surface area contributed by atoms with Crippen LogP contribution in [0.3, 0.4) is 0 Å². The van der Waals surface area contributed by atoms with Crippen molar-refractivity contribution in [3.63, 3.8) is 0 Å². The minimum Gasteiger partial charge on any atom is -0.457 e. The highest BCUT2D eigenvalue weighted by Crippen LogP contribution is 2.35. The van der Waals surface area contributed by atoms with Gasteiger partial charge in [0.2, 0.25) is 0 Å². The van der Waals surface area contributed by atoms with Gasteiger partial charge in [0.15, 0.2) is 0 Å². The number of rotatable bonds is 7. The lowest BCUT2D eigenvalue weighted by Gasteiger charge is -2.16. The van der Waals surface area contributed by atoms with Crippen LogP contribution in [0.5, 0.6) is 11.5 Å². The number of para-hydroxylation sites is 1. The average molecular weight is 615 g/mol. The summed E-state index contributed by atoms with van der Waals surface area (Å²) in [6.45, 7) is 12.8. The summed E-state index contributed by atoms with van der Waals surface area (Å²) in [5, 5.41) is 0. The Balaban J connectivity index is 1.18. The molecule has 5 nitrogen and oxygen atoms in total. The molecule has 5 heteroatoms. The molecule has 0 bridgehead atoms. The summed E-state index contributed by atoms with van der Waals surface area (Å²) >= 11 is 0. The van der Waals surface area contributed by atoms with Crippen molar-refractivity contribution in [2.24, 2.45) is 0 Å². The van der Waals surface area contributed by atoms with Gasteiger partial charge in [-0.3, -0.25) is 0 Å². The summed E-state index contributed by atoms with van der Waals surface area (Å²) in [6.07, 6.45) is 1.91. The minimum atomic E-state index is 0.752. The second kappa shape index (κ2) is 12.3. The fraction of sp³-hybridized carbons (Fsp3) is 0.143. The standard InChI is InChI=1S/C42H38N4O/c1-27-22-28(2)42(29(3)23-27)46-31(5)41(44-32(46)6)35-17-13-19-37(25-35)47-36-18-12-16-34(24-36)40-30(4)45(26-43-40)39-21-11-10-20-38(39)33-14-8-7-9-15-33/h7-26H,1-6H3. The molecule has 2 heterocycles. The molecule has 0 spiro atoms. The van der Waals surface area contributed by atoms with Gasteiger partial charge in [-0.2, -0.15) is 0 Å². The number of aryl methyl sites for hydroxylation is 4. The second-order valence-electron chi connectivity index (χ2n) is 12.3. The zero-order chi connectivity index (χ0) is 32.7. The van der Waals surface area contributed by atoms with E-state index in [9.17, 15) is 0 Å². The number of nitrogens with zero attached hydrogens (tertiary/aromatic N) is 4. The Hall–Kier alpha value is -5.68. The van der Waals surface area contributed by atoms with Crippen molar-refractivity contribution in [2.45, 2.75) is 41.5 Å². The zero-order valence-electron chi connectivity index (χ0n) is 27.7. The molecule has 5 aromatic carbocycles. The molecule has 0 radical (unpaired) electrons. The third-order valence-electron chi connectivity index (χ3n) is 8.84. The Kier molecular flexibility index (Phi) is 7.82. The van der Waals surface area contributed by atoms with Crippen LogP contribution in [0.15, 0.2) is 122 Å². The van der Waals surface area contributed by atoms with Crippen LogP contribution in [0, 0.1) is 41.5 Å². The van der Waals surface area contributed by atoms with Crippen molar-refractivity contribution in [3.05, 3.63) is 155 Å². The Morgan fingerprint density at radius 3 is 1.83 bits per heavy atom.